The number of aromatic nitrogens is 2. The fourth-order valence-electron chi connectivity index (χ4n) is 2.74. The van der Waals surface area contributed by atoms with Gasteiger partial charge in [0.25, 0.3) is 0 Å². The molecule has 1 unspecified atom stereocenters. The van der Waals surface area contributed by atoms with Gasteiger partial charge in [-0.15, -0.1) is 0 Å². The number of benzene rings is 1. The second-order valence-electron chi connectivity index (χ2n) is 6.13. The third kappa shape index (κ3) is 4.05. The summed E-state index contributed by atoms with van der Waals surface area (Å²) >= 11 is 0. The molecule has 1 aromatic carbocycles. The maximum atomic E-state index is 9.33. The lowest BCUT2D eigenvalue weighted by molar-refractivity contribution is 0.364. The summed E-state index contributed by atoms with van der Waals surface area (Å²) in [7, 11) is 0. The first-order valence-electron chi connectivity index (χ1n) is 7.63. The molecule has 21 heavy (non-hydrogen) atoms. The summed E-state index contributed by atoms with van der Waals surface area (Å²) in [6, 6.07) is 11.0. The molecule has 0 saturated heterocycles. The standard InChI is InChI=1S/C17H24N4/c1-14(2)20-17(3,13-18)10-6-7-11-21-16-9-5-4-8-15(16)12-19-21/h4-5,8-9,12,14,20H,6-7,10-11H2,1-3H3. The summed E-state index contributed by atoms with van der Waals surface area (Å²) in [5.41, 5.74) is 0.751. The molecule has 1 aromatic heterocycles. The Labute approximate surface area is 126 Å². The highest BCUT2D eigenvalue weighted by Gasteiger charge is 2.23. The third-order valence-corrected chi connectivity index (χ3v) is 3.70. The Bertz CT molecular complexity index is 623. The summed E-state index contributed by atoms with van der Waals surface area (Å²) in [5, 5.41) is 18.3. The van der Waals surface area contributed by atoms with E-state index in [9.17, 15) is 5.26 Å². The topological polar surface area (TPSA) is 53.6 Å². The molecule has 1 N–H and O–H groups in total. The average molecular weight is 284 g/mol. The second-order valence-corrected chi connectivity index (χ2v) is 6.13. The molecule has 112 valence electrons. The van der Waals surface area contributed by atoms with E-state index in [-0.39, 0.29) is 0 Å². The second kappa shape index (κ2) is 6.73. The monoisotopic (exact) mass is 284 g/mol. The Hall–Kier alpha value is -1.86. The SMILES string of the molecule is CC(C)NC(C)(C#N)CCCCn1ncc2ccccc21. The van der Waals surface area contributed by atoms with Crippen molar-refractivity contribution < 1.29 is 0 Å². The van der Waals surface area contributed by atoms with Gasteiger partial charge in [0.05, 0.1) is 17.8 Å². The number of para-hydroxylation sites is 1. The van der Waals surface area contributed by atoms with Crippen LogP contribution in [0.2, 0.25) is 0 Å². The molecule has 1 atom stereocenters. The number of unbranched alkanes of at least 4 members (excludes halogenated alkanes) is 1. The minimum absolute atomic E-state index is 0.324. The number of hydrogen-bond donors (Lipinski definition) is 1. The van der Waals surface area contributed by atoms with E-state index in [4.69, 9.17) is 0 Å². The van der Waals surface area contributed by atoms with Gasteiger partial charge < -0.3 is 0 Å². The number of hydrogen-bond acceptors (Lipinski definition) is 3. The van der Waals surface area contributed by atoms with Gasteiger partial charge in [-0.25, -0.2) is 0 Å². The first-order chi connectivity index (χ1) is 10.0. The van der Waals surface area contributed by atoms with Gasteiger partial charge >= 0.3 is 0 Å². The molecule has 0 aliphatic heterocycles. The fourth-order valence-corrected chi connectivity index (χ4v) is 2.74. The van der Waals surface area contributed by atoms with E-state index >= 15 is 0 Å². The van der Waals surface area contributed by atoms with Crippen LogP contribution in [-0.2, 0) is 6.54 Å². The van der Waals surface area contributed by atoms with Crippen molar-refractivity contribution in [3.05, 3.63) is 30.5 Å². The van der Waals surface area contributed by atoms with Crippen LogP contribution in [0, 0.1) is 11.3 Å². The van der Waals surface area contributed by atoms with Crippen molar-refractivity contribution in [2.24, 2.45) is 0 Å². The Morgan fingerprint density at radius 2 is 2.10 bits per heavy atom. The van der Waals surface area contributed by atoms with E-state index in [2.05, 4.69) is 47.1 Å². The van der Waals surface area contributed by atoms with E-state index in [1.807, 2.05) is 25.3 Å². The van der Waals surface area contributed by atoms with Crippen LogP contribution in [0.15, 0.2) is 30.5 Å². The number of rotatable bonds is 7. The molecule has 2 aromatic rings. The third-order valence-electron chi connectivity index (χ3n) is 3.70. The fraction of sp³-hybridized carbons (Fsp3) is 0.529. The van der Waals surface area contributed by atoms with E-state index in [1.165, 1.54) is 10.9 Å². The van der Waals surface area contributed by atoms with Crippen LogP contribution >= 0.6 is 0 Å². The number of nitriles is 1. The molecular weight excluding hydrogens is 260 g/mol. The molecular formula is C17H24N4. The van der Waals surface area contributed by atoms with Gasteiger partial charge in [0, 0.05) is 18.0 Å². The molecule has 0 fully saturated rings. The lowest BCUT2D eigenvalue weighted by Crippen LogP contribution is -2.44. The number of nitrogens with one attached hydrogen (secondary N) is 1. The largest absolute Gasteiger partial charge is 0.297 e. The van der Waals surface area contributed by atoms with Crippen molar-refractivity contribution in [1.29, 1.82) is 5.26 Å². The predicted molar refractivity (Wildman–Crippen MR) is 85.9 cm³/mol. The highest BCUT2D eigenvalue weighted by atomic mass is 15.3. The smallest absolute Gasteiger partial charge is 0.104 e. The van der Waals surface area contributed by atoms with Crippen LogP contribution in [0.3, 0.4) is 0 Å². The Morgan fingerprint density at radius 3 is 2.81 bits per heavy atom. The zero-order valence-electron chi connectivity index (χ0n) is 13.1. The van der Waals surface area contributed by atoms with Crippen molar-refractivity contribution >= 4 is 10.9 Å². The van der Waals surface area contributed by atoms with Gasteiger partial charge in [0.1, 0.15) is 5.54 Å². The lowest BCUT2D eigenvalue weighted by Gasteiger charge is -2.25. The van der Waals surface area contributed by atoms with Crippen molar-refractivity contribution in [2.45, 2.75) is 58.2 Å². The molecule has 1 heterocycles. The molecule has 4 heteroatoms. The summed E-state index contributed by atoms with van der Waals surface area (Å²) in [6.45, 7) is 7.03. The lowest BCUT2D eigenvalue weighted by atomic mass is 9.95. The minimum Gasteiger partial charge on any atom is -0.297 e. The Balaban J connectivity index is 1.86. The van der Waals surface area contributed by atoms with E-state index < -0.39 is 5.54 Å². The van der Waals surface area contributed by atoms with E-state index in [0.29, 0.717) is 6.04 Å². The van der Waals surface area contributed by atoms with Crippen LogP contribution in [0.4, 0.5) is 0 Å². The molecule has 0 spiro atoms. The molecule has 0 bridgehead atoms. The predicted octanol–water partition coefficient (Wildman–Crippen LogP) is 3.49. The Kier molecular flexibility index (Phi) is 4.98. The highest BCUT2D eigenvalue weighted by molar-refractivity contribution is 5.78. The van der Waals surface area contributed by atoms with Crippen LogP contribution in [0.5, 0.6) is 0 Å². The zero-order chi connectivity index (χ0) is 15.3. The maximum Gasteiger partial charge on any atom is 0.104 e. The normalized spacial score (nSPS) is 14.2. The first-order valence-corrected chi connectivity index (χ1v) is 7.63. The van der Waals surface area contributed by atoms with E-state index in [0.717, 1.165) is 25.8 Å². The van der Waals surface area contributed by atoms with Gasteiger partial charge in [0.2, 0.25) is 0 Å². The molecule has 2 rings (SSSR count). The minimum atomic E-state index is -0.430. The van der Waals surface area contributed by atoms with Crippen molar-refractivity contribution in [3.8, 4) is 6.07 Å². The van der Waals surface area contributed by atoms with Gasteiger partial charge in [0.15, 0.2) is 0 Å². The van der Waals surface area contributed by atoms with Crippen LogP contribution < -0.4 is 5.32 Å². The van der Waals surface area contributed by atoms with Crippen molar-refractivity contribution in [3.63, 3.8) is 0 Å². The molecule has 0 radical (unpaired) electrons. The van der Waals surface area contributed by atoms with Crippen molar-refractivity contribution in [1.82, 2.24) is 15.1 Å². The maximum absolute atomic E-state index is 9.33. The van der Waals surface area contributed by atoms with E-state index in [1.54, 1.807) is 0 Å². The molecule has 0 saturated carbocycles. The molecule has 4 nitrogen and oxygen atoms in total. The highest BCUT2D eigenvalue weighted by Crippen LogP contribution is 2.16. The molecule has 0 amide bonds. The molecule has 0 aliphatic carbocycles. The van der Waals surface area contributed by atoms with Gasteiger partial charge in [-0.05, 0) is 46.1 Å². The van der Waals surface area contributed by atoms with Gasteiger partial charge in [-0.3, -0.25) is 10.00 Å². The summed E-state index contributed by atoms with van der Waals surface area (Å²) < 4.78 is 2.05. The summed E-state index contributed by atoms with van der Waals surface area (Å²) in [5.74, 6) is 0. The zero-order valence-corrected chi connectivity index (χ0v) is 13.1. The van der Waals surface area contributed by atoms with Gasteiger partial charge in [-0.1, -0.05) is 18.2 Å². The average Bonchev–Trinajstić information content (AvgIpc) is 2.86. The van der Waals surface area contributed by atoms with Crippen molar-refractivity contribution in [2.75, 3.05) is 0 Å². The first kappa shape index (κ1) is 15.5. The number of fused-ring (bicyclic) bond motifs is 1. The number of aryl methyl sites for hydroxylation is 1. The molecule has 0 aliphatic rings. The number of nitrogens with zero attached hydrogens (tertiary/aromatic N) is 3. The Morgan fingerprint density at radius 1 is 1.33 bits per heavy atom. The quantitative estimate of drug-likeness (QED) is 0.792. The van der Waals surface area contributed by atoms with Crippen LogP contribution in [-0.4, -0.2) is 21.4 Å². The van der Waals surface area contributed by atoms with Crippen LogP contribution in [0.1, 0.15) is 40.0 Å². The summed E-state index contributed by atoms with van der Waals surface area (Å²) in [4.78, 5) is 0. The summed E-state index contributed by atoms with van der Waals surface area (Å²) in [6.07, 6.45) is 4.82. The van der Waals surface area contributed by atoms with Gasteiger partial charge in [-0.2, -0.15) is 10.4 Å². The van der Waals surface area contributed by atoms with Crippen LogP contribution in [0.25, 0.3) is 10.9 Å².